The molecule has 1 aliphatic carbocycles. The Morgan fingerprint density at radius 2 is 1.94 bits per heavy atom. The molecule has 0 bridgehead atoms. The maximum atomic E-state index is 11.7. The van der Waals surface area contributed by atoms with Crippen LogP contribution >= 0.6 is 0 Å². The van der Waals surface area contributed by atoms with Gasteiger partial charge in [0.25, 0.3) is 0 Å². The number of carbonyl (C=O) groups is 2. The van der Waals surface area contributed by atoms with Gasteiger partial charge in [0.05, 0.1) is 12.0 Å². The van der Waals surface area contributed by atoms with E-state index < -0.39 is 11.5 Å². The minimum Gasteiger partial charge on any atom is -0.481 e. The van der Waals surface area contributed by atoms with Gasteiger partial charge < -0.3 is 15.7 Å². The summed E-state index contributed by atoms with van der Waals surface area (Å²) in [5.41, 5.74) is -0.491. The quantitative estimate of drug-likeness (QED) is 0.579. The van der Waals surface area contributed by atoms with Crippen LogP contribution in [0.2, 0.25) is 0 Å². The van der Waals surface area contributed by atoms with E-state index in [-0.39, 0.29) is 12.3 Å². The van der Waals surface area contributed by atoms with Crippen LogP contribution in [0, 0.1) is 0 Å². The van der Waals surface area contributed by atoms with Gasteiger partial charge in [-0.1, -0.05) is 19.8 Å². The zero-order valence-electron chi connectivity index (χ0n) is 10.4. The Morgan fingerprint density at radius 3 is 2.47 bits per heavy atom. The molecule has 1 saturated carbocycles. The number of aliphatic carboxylic acids is 1. The summed E-state index contributed by atoms with van der Waals surface area (Å²) in [4.78, 5) is 22.6. The van der Waals surface area contributed by atoms with Crippen molar-refractivity contribution >= 4 is 11.9 Å². The van der Waals surface area contributed by atoms with E-state index in [2.05, 4.69) is 10.6 Å². The van der Waals surface area contributed by atoms with E-state index in [9.17, 15) is 9.59 Å². The second-order valence-electron chi connectivity index (χ2n) is 4.71. The van der Waals surface area contributed by atoms with E-state index in [1.165, 1.54) is 0 Å². The SMILES string of the molecule is CCNCCC(=O)NC1(CC(=O)O)CCCC1. The Balaban J connectivity index is 2.43. The monoisotopic (exact) mass is 242 g/mol. The number of hydrogen-bond acceptors (Lipinski definition) is 3. The van der Waals surface area contributed by atoms with Gasteiger partial charge in [-0.15, -0.1) is 0 Å². The average Bonchev–Trinajstić information content (AvgIpc) is 2.65. The van der Waals surface area contributed by atoms with E-state index in [4.69, 9.17) is 5.11 Å². The van der Waals surface area contributed by atoms with E-state index in [1.807, 2.05) is 6.92 Å². The Bertz CT molecular complexity index is 273. The fraction of sp³-hybridized carbons (Fsp3) is 0.833. The third-order valence-corrected chi connectivity index (χ3v) is 3.23. The molecule has 17 heavy (non-hydrogen) atoms. The predicted molar refractivity (Wildman–Crippen MR) is 64.8 cm³/mol. The number of carbonyl (C=O) groups excluding carboxylic acids is 1. The summed E-state index contributed by atoms with van der Waals surface area (Å²) < 4.78 is 0. The lowest BCUT2D eigenvalue weighted by molar-refractivity contribution is -0.139. The van der Waals surface area contributed by atoms with Gasteiger partial charge in [0.1, 0.15) is 0 Å². The Kier molecular flexibility index (Phi) is 5.41. The van der Waals surface area contributed by atoms with Crippen LogP contribution in [0.1, 0.15) is 45.4 Å². The maximum Gasteiger partial charge on any atom is 0.305 e. The number of carboxylic acids is 1. The molecule has 0 saturated heterocycles. The van der Waals surface area contributed by atoms with Crippen molar-refractivity contribution < 1.29 is 14.7 Å². The fourth-order valence-electron chi connectivity index (χ4n) is 2.42. The van der Waals surface area contributed by atoms with Crippen LogP contribution in [-0.4, -0.2) is 35.6 Å². The van der Waals surface area contributed by atoms with Crippen LogP contribution < -0.4 is 10.6 Å². The van der Waals surface area contributed by atoms with Gasteiger partial charge >= 0.3 is 5.97 Å². The van der Waals surface area contributed by atoms with Gasteiger partial charge in [-0.3, -0.25) is 9.59 Å². The summed E-state index contributed by atoms with van der Waals surface area (Å²) >= 11 is 0. The first-order chi connectivity index (χ1) is 8.08. The van der Waals surface area contributed by atoms with E-state index in [0.29, 0.717) is 13.0 Å². The zero-order valence-corrected chi connectivity index (χ0v) is 10.4. The molecule has 1 amide bonds. The number of carboxylic acid groups (broad SMARTS) is 1. The molecular formula is C12H22N2O3. The van der Waals surface area contributed by atoms with Crippen molar-refractivity contribution in [2.75, 3.05) is 13.1 Å². The molecule has 0 atom stereocenters. The summed E-state index contributed by atoms with van der Waals surface area (Å²) in [5, 5.41) is 14.9. The van der Waals surface area contributed by atoms with Gasteiger partial charge in [-0.05, 0) is 19.4 Å². The van der Waals surface area contributed by atoms with E-state index in [1.54, 1.807) is 0 Å². The molecule has 3 N–H and O–H groups in total. The predicted octanol–water partition coefficient (Wildman–Crippen LogP) is 0.890. The van der Waals surface area contributed by atoms with Crippen LogP contribution in [0.5, 0.6) is 0 Å². The first kappa shape index (κ1) is 14.0. The van der Waals surface area contributed by atoms with Gasteiger partial charge in [0, 0.05) is 13.0 Å². The molecule has 0 heterocycles. The van der Waals surface area contributed by atoms with Crippen molar-refractivity contribution in [2.45, 2.75) is 51.0 Å². The van der Waals surface area contributed by atoms with Crippen molar-refractivity contribution in [3.8, 4) is 0 Å². The molecule has 0 aliphatic heterocycles. The minimum atomic E-state index is -0.834. The number of nitrogens with one attached hydrogen (secondary N) is 2. The Labute approximate surface area is 102 Å². The molecule has 0 aromatic heterocycles. The highest BCUT2D eigenvalue weighted by atomic mass is 16.4. The first-order valence-corrected chi connectivity index (χ1v) is 6.31. The smallest absolute Gasteiger partial charge is 0.305 e. The van der Waals surface area contributed by atoms with Crippen molar-refractivity contribution in [2.24, 2.45) is 0 Å². The molecule has 1 rings (SSSR count). The summed E-state index contributed by atoms with van der Waals surface area (Å²) in [5.74, 6) is -0.881. The van der Waals surface area contributed by atoms with Crippen molar-refractivity contribution in [1.29, 1.82) is 0 Å². The zero-order chi connectivity index (χ0) is 12.7. The standard InChI is InChI=1S/C12H22N2O3/c1-2-13-8-5-10(15)14-12(9-11(16)17)6-3-4-7-12/h13H,2-9H2,1H3,(H,14,15)(H,16,17). The van der Waals surface area contributed by atoms with Crippen molar-refractivity contribution in [1.82, 2.24) is 10.6 Å². The lowest BCUT2D eigenvalue weighted by Crippen LogP contribution is -2.48. The molecule has 98 valence electrons. The van der Waals surface area contributed by atoms with Gasteiger partial charge in [-0.2, -0.15) is 0 Å². The molecule has 1 aliphatic rings. The van der Waals surface area contributed by atoms with E-state index in [0.717, 1.165) is 32.2 Å². The normalized spacial score (nSPS) is 17.9. The number of hydrogen-bond donors (Lipinski definition) is 3. The second-order valence-corrected chi connectivity index (χ2v) is 4.71. The van der Waals surface area contributed by atoms with Crippen molar-refractivity contribution in [3.63, 3.8) is 0 Å². The lowest BCUT2D eigenvalue weighted by atomic mass is 9.93. The maximum absolute atomic E-state index is 11.7. The lowest BCUT2D eigenvalue weighted by Gasteiger charge is -2.28. The highest BCUT2D eigenvalue weighted by molar-refractivity contribution is 5.78. The van der Waals surface area contributed by atoms with Gasteiger partial charge in [0.2, 0.25) is 5.91 Å². The number of amides is 1. The summed E-state index contributed by atoms with van der Waals surface area (Å²) in [6.07, 6.45) is 4.02. The molecule has 0 spiro atoms. The van der Waals surface area contributed by atoms with Gasteiger partial charge in [0.15, 0.2) is 0 Å². The molecular weight excluding hydrogens is 220 g/mol. The summed E-state index contributed by atoms with van der Waals surface area (Å²) in [6.45, 7) is 3.47. The first-order valence-electron chi connectivity index (χ1n) is 6.31. The molecule has 5 heteroatoms. The third-order valence-electron chi connectivity index (χ3n) is 3.23. The Morgan fingerprint density at radius 1 is 1.29 bits per heavy atom. The van der Waals surface area contributed by atoms with E-state index >= 15 is 0 Å². The molecule has 0 radical (unpaired) electrons. The third kappa shape index (κ3) is 4.73. The largest absolute Gasteiger partial charge is 0.481 e. The van der Waals surface area contributed by atoms with Crippen LogP contribution in [0.15, 0.2) is 0 Å². The van der Waals surface area contributed by atoms with Crippen LogP contribution in [0.4, 0.5) is 0 Å². The fourth-order valence-corrected chi connectivity index (χ4v) is 2.42. The summed E-state index contributed by atoms with van der Waals surface area (Å²) in [7, 11) is 0. The van der Waals surface area contributed by atoms with Crippen LogP contribution in [-0.2, 0) is 9.59 Å². The molecule has 0 aromatic carbocycles. The molecule has 0 unspecified atom stereocenters. The summed E-state index contributed by atoms with van der Waals surface area (Å²) in [6, 6.07) is 0. The second kappa shape index (κ2) is 6.59. The Hall–Kier alpha value is -1.10. The van der Waals surface area contributed by atoms with Crippen LogP contribution in [0.25, 0.3) is 0 Å². The minimum absolute atomic E-state index is 0.0416. The molecule has 5 nitrogen and oxygen atoms in total. The number of rotatable bonds is 7. The average molecular weight is 242 g/mol. The highest BCUT2D eigenvalue weighted by Gasteiger charge is 2.37. The van der Waals surface area contributed by atoms with Crippen LogP contribution in [0.3, 0.4) is 0 Å². The van der Waals surface area contributed by atoms with Gasteiger partial charge in [-0.25, -0.2) is 0 Å². The topological polar surface area (TPSA) is 78.4 Å². The molecule has 0 aromatic rings. The highest BCUT2D eigenvalue weighted by Crippen LogP contribution is 2.32. The van der Waals surface area contributed by atoms with Crippen molar-refractivity contribution in [3.05, 3.63) is 0 Å². The molecule has 1 fully saturated rings.